The number of anilines is 1. The molecule has 1 N–H and O–H groups in total. The molecular weight excluding hydrogens is 498 g/mol. The average Bonchev–Trinajstić information content (AvgIpc) is 2.76. The highest BCUT2D eigenvalue weighted by molar-refractivity contribution is 9.10. The first-order valence-corrected chi connectivity index (χ1v) is 11.5. The third kappa shape index (κ3) is 4.69. The summed E-state index contributed by atoms with van der Waals surface area (Å²) in [6, 6.07) is 20.0. The smallest absolute Gasteiger partial charge is 0.266 e. The van der Waals surface area contributed by atoms with Crippen LogP contribution in [0.3, 0.4) is 0 Å². The quantitative estimate of drug-likeness (QED) is 0.268. The Bertz CT molecular complexity index is 1360. The summed E-state index contributed by atoms with van der Waals surface area (Å²) < 4.78 is 2.30. The number of carbonyl (C=O) groups is 1. The van der Waals surface area contributed by atoms with Gasteiger partial charge in [-0.15, -0.1) is 0 Å². The number of hydrogen-bond donors (Lipinski definition) is 1. The van der Waals surface area contributed by atoms with Gasteiger partial charge in [0.25, 0.3) is 5.56 Å². The molecule has 4 rings (SSSR count). The molecule has 156 valence electrons. The number of carbonyl (C=O) groups excluding carboxylic acids is 1. The molecule has 0 aliphatic heterocycles. The molecule has 1 aromatic heterocycles. The largest absolute Gasteiger partial charge is 0.324 e. The van der Waals surface area contributed by atoms with E-state index in [0.717, 1.165) is 10.0 Å². The number of rotatable bonds is 5. The molecule has 0 atom stereocenters. The number of nitrogens with zero attached hydrogens (tertiary/aromatic N) is 2. The molecular formula is C23H17BrClN3O2S. The molecule has 0 saturated heterocycles. The van der Waals surface area contributed by atoms with Gasteiger partial charge >= 0.3 is 0 Å². The summed E-state index contributed by atoms with van der Waals surface area (Å²) >= 11 is 10.9. The van der Waals surface area contributed by atoms with E-state index in [1.165, 1.54) is 16.3 Å². The molecule has 5 nitrogen and oxygen atoms in total. The summed E-state index contributed by atoms with van der Waals surface area (Å²) in [5.41, 5.74) is 2.57. The zero-order valence-electron chi connectivity index (χ0n) is 16.4. The van der Waals surface area contributed by atoms with Crippen molar-refractivity contribution in [1.82, 2.24) is 9.55 Å². The zero-order chi connectivity index (χ0) is 22.0. The predicted molar refractivity (Wildman–Crippen MR) is 131 cm³/mol. The maximum atomic E-state index is 13.3. The Morgan fingerprint density at radius 2 is 1.87 bits per heavy atom. The zero-order valence-corrected chi connectivity index (χ0v) is 19.6. The fourth-order valence-corrected chi connectivity index (χ4v) is 4.41. The number of benzene rings is 3. The van der Waals surface area contributed by atoms with Gasteiger partial charge in [-0.2, -0.15) is 0 Å². The Labute approximate surface area is 196 Å². The van der Waals surface area contributed by atoms with Crippen molar-refractivity contribution in [3.63, 3.8) is 0 Å². The molecule has 0 bridgehead atoms. The van der Waals surface area contributed by atoms with Gasteiger partial charge in [-0.1, -0.05) is 53.7 Å². The molecule has 1 amide bonds. The summed E-state index contributed by atoms with van der Waals surface area (Å²) in [5, 5.41) is 4.34. The third-order valence-electron chi connectivity index (χ3n) is 4.64. The van der Waals surface area contributed by atoms with E-state index in [1.54, 1.807) is 24.3 Å². The van der Waals surface area contributed by atoms with E-state index < -0.39 is 0 Å². The minimum atomic E-state index is -0.209. The number of amides is 1. The summed E-state index contributed by atoms with van der Waals surface area (Å²) in [6.45, 7) is 1.90. The first kappa shape index (κ1) is 21.6. The lowest BCUT2D eigenvalue weighted by atomic mass is 10.2. The van der Waals surface area contributed by atoms with Crippen molar-refractivity contribution in [1.29, 1.82) is 0 Å². The molecule has 1 heterocycles. The van der Waals surface area contributed by atoms with Gasteiger partial charge in [0.05, 0.1) is 28.0 Å². The predicted octanol–water partition coefficient (Wildman–Crippen LogP) is 5.84. The molecule has 0 fully saturated rings. The van der Waals surface area contributed by atoms with Crippen LogP contribution in [0.25, 0.3) is 16.6 Å². The second-order valence-electron chi connectivity index (χ2n) is 6.80. The summed E-state index contributed by atoms with van der Waals surface area (Å²) in [4.78, 5) is 30.5. The van der Waals surface area contributed by atoms with E-state index in [0.29, 0.717) is 32.5 Å². The number of aromatic nitrogens is 2. The van der Waals surface area contributed by atoms with Crippen molar-refractivity contribution in [3.05, 3.63) is 92.1 Å². The maximum absolute atomic E-state index is 13.3. The number of halogens is 2. The highest BCUT2D eigenvalue weighted by Crippen LogP contribution is 2.26. The van der Waals surface area contributed by atoms with Crippen molar-refractivity contribution in [2.45, 2.75) is 12.1 Å². The molecule has 0 aliphatic carbocycles. The Morgan fingerprint density at radius 1 is 1.13 bits per heavy atom. The molecule has 4 aromatic rings. The molecule has 3 aromatic carbocycles. The van der Waals surface area contributed by atoms with Gasteiger partial charge in [-0.25, -0.2) is 4.98 Å². The lowest BCUT2D eigenvalue weighted by molar-refractivity contribution is -0.113. The van der Waals surface area contributed by atoms with Crippen LogP contribution in [0.4, 0.5) is 5.69 Å². The minimum absolute atomic E-state index is 0.0890. The number of para-hydroxylation sites is 2. The molecule has 0 spiro atoms. The lowest BCUT2D eigenvalue weighted by Gasteiger charge is -2.14. The Hall–Kier alpha value is -2.61. The van der Waals surface area contributed by atoms with Crippen LogP contribution in [0.1, 0.15) is 5.56 Å². The lowest BCUT2D eigenvalue weighted by Crippen LogP contribution is -2.23. The van der Waals surface area contributed by atoms with E-state index in [4.69, 9.17) is 11.6 Å². The number of aryl methyl sites for hydroxylation is 1. The van der Waals surface area contributed by atoms with Crippen LogP contribution in [-0.4, -0.2) is 21.2 Å². The Balaban J connectivity index is 1.70. The Kier molecular flexibility index (Phi) is 6.46. The monoisotopic (exact) mass is 513 g/mol. The number of hydrogen-bond acceptors (Lipinski definition) is 4. The fourth-order valence-electron chi connectivity index (χ4n) is 3.04. The first-order valence-electron chi connectivity index (χ1n) is 9.39. The van der Waals surface area contributed by atoms with Crippen LogP contribution in [0, 0.1) is 6.92 Å². The van der Waals surface area contributed by atoms with Gasteiger partial charge in [0.15, 0.2) is 5.16 Å². The van der Waals surface area contributed by atoms with E-state index >= 15 is 0 Å². The molecule has 0 unspecified atom stereocenters. The highest BCUT2D eigenvalue weighted by atomic mass is 79.9. The minimum Gasteiger partial charge on any atom is -0.324 e. The molecule has 0 radical (unpaired) electrons. The summed E-state index contributed by atoms with van der Waals surface area (Å²) in [7, 11) is 0. The van der Waals surface area contributed by atoms with E-state index in [1.807, 2.05) is 49.4 Å². The SMILES string of the molecule is Cc1ccc(-n2c(SCC(=O)Nc3ccccc3Br)nc3ccccc3c2=O)cc1Cl. The van der Waals surface area contributed by atoms with Crippen LogP contribution < -0.4 is 10.9 Å². The fraction of sp³-hybridized carbons (Fsp3) is 0.0870. The Morgan fingerprint density at radius 3 is 2.65 bits per heavy atom. The summed E-state index contributed by atoms with van der Waals surface area (Å²) in [5.74, 6) is -0.112. The number of fused-ring (bicyclic) bond motifs is 1. The van der Waals surface area contributed by atoms with Crippen molar-refractivity contribution >= 4 is 61.8 Å². The van der Waals surface area contributed by atoms with Crippen LogP contribution >= 0.6 is 39.3 Å². The maximum Gasteiger partial charge on any atom is 0.266 e. The second kappa shape index (κ2) is 9.26. The van der Waals surface area contributed by atoms with Crippen molar-refractivity contribution in [3.8, 4) is 5.69 Å². The van der Waals surface area contributed by atoms with Gasteiger partial charge in [0, 0.05) is 9.50 Å². The normalized spacial score (nSPS) is 10.9. The van der Waals surface area contributed by atoms with Crippen molar-refractivity contribution < 1.29 is 4.79 Å². The van der Waals surface area contributed by atoms with Crippen LogP contribution in [0.15, 0.2) is 81.2 Å². The van der Waals surface area contributed by atoms with E-state index in [9.17, 15) is 9.59 Å². The van der Waals surface area contributed by atoms with Gasteiger partial charge in [0.2, 0.25) is 5.91 Å². The average molecular weight is 515 g/mol. The van der Waals surface area contributed by atoms with Gasteiger partial charge in [0.1, 0.15) is 0 Å². The van der Waals surface area contributed by atoms with Crippen molar-refractivity contribution in [2.24, 2.45) is 0 Å². The van der Waals surface area contributed by atoms with Gasteiger partial charge in [-0.3, -0.25) is 14.2 Å². The number of thioether (sulfide) groups is 1. The van der Waals surface area contributed by atoms with Crippen LogP contribution in [0.2, 0.25) is 5.02 Å². The molecule has 0 aliphatic rings. The standard InChI is InChI=1S/C23H17BrClN3O2S/c1-14-10-11-15(12-18(14)25)28-22(30)16-6-2-4-8-19(16)27-23(28)31-13-21(29)26-20-9-5-3-7-17(20)24/h2-12H,13H2,1H3,(H,26,29). The first-order chi connectivity index (χ1) is 14.9. The summed E-state index contributed by atoms with van der Waals surface area (Å²) in [6.07, 6.45) is 0. The van der Waals surface area contributed by atoms with Crippen molar-refractivity contribution in [2.75, 3.05) is 11.1 Å². The second-order valence-corrected chi connectivity index (χ2v) is 9.01. The highest BCUT2D eigenvalue weighted by Gasteiger charge is 2.16. The van der Waals surface area contributed by atoms with E-state index in [2.05, 4.69) is 26.2 Å². The van der Waals surface area contributed by atoms with Gasteiger partial charge in [-0.05, 0) is 64.8 Å². The topological polar surface area (TPSA) is 64.0 Å². The molecule has 8 heteroatoms. The van der Waals surface area contributed by atoms with Crippen LogP contribution in [0.5, 0.6) is 0 Å². The van der Waals surface area contributed by atoms with Crippen LogP contribution in [-0.2, 0) is 4.79 Å². The third-order valence-corrected chi connectivity index (χ3v) is 6.68. The van der Waals surface area contributed by atoms with E-state index in [-0.39, 0.29) is 17.2 Å². The molecule has 0 saturated carbocycles. The van der Waals surface area contributed by atoms with Gasteiger partial charge < -0.3 is 5.32 Å². The number of nitrogens with one attached hydrogen (secondary N) is 1. The molecule has 31 heavy (non-hydrogen) atoms.